The molecule has 0 aromatic carbocycles. The molecule has 1 amide bonds. The minimum Gasteiger partial charge on any atom is -0.382 e. The number of carbonyl (C=O) groups excluding carboxylic acids is 1. The van der Waals surface area contributed by atoms with Gasteiger partial charge in [-0.3, -0.25) is 14.5 Å². The van der Waals surface area contributed by atoms with Gasteiger partial charge in [-0.2, -0.15) is 10.4 Å². The summed E-state index contributed by atoms with van der Waals surface area (Å²) in [7, 11) is 1.79. The van der Waals surface area contributed by atoms with E-state index in [0.717, 1.165) is 0 Å². The maximum absolute atomic E-state index is 13.1. The first kappa shape index (κ1) is 22.8. The average molecular weight is 474 g/mol. The molecule has 0 spiro atoms. The topological polar surface area (TPSA) is 148 Å². The van der Waals surface area contributed by atoms with E-state index in [-0.39, 0.29) is 16.7 Å². The Morgan fingerprint density at radius 3 is 2.62 bits per heavy atom. The summed E-state index contributed by atoms with van der Waals surface area (Å²) >= 11 is 6.18. The number of nitrogens with zero attached hydrogens (tertiary/aromatic N) is 7. The standard InChI is InChI=1S/C23H20ClN9O/c1-12-8-15(9-18(24)28-12)19-20(17-6-7-33(3)32-17)31-22(26)21(30-19)23(34)29-13(2)16-5-4-14(10-25)11-27-16/h4-9,11,13H,1-3H3,(H2,26,31)(H,29,34). The number of nitrogens with one attached hydrogen (secondary N) is 1. The lowest BCUT2D eigenvalue weighted by atomic mass is 10.1. The molecule has 0 fully saturated rings. The van der Waals surface area contributed by atoms with Gasteiger partial charge in [0, 0.05) is 30.7 Å². The van der Waals surface area contributed by atoms with Crippen molar-refractivity contribution in [3.63, 3.8) is 0 Å². The Kier molecular flexibility index (Phi) is 6.21. The van der Waals surface area contributed by atoms with E-state index in [2.05, 4.69) is 30.4 Å². The minimum atomic E-state index is -0.519. The van der Waals surface area contributed by atoms with Crippen molar-refractivity contribution in [2.45, 2.75) is 19.9 Å². The van der Waals surface area contributed by atoms with E-state index >= 15 is 0 Å². The highest BCUT2D eigenvalue weighted by Gasteiger charge is 2.23. The second-order valence-electron chi connectivity index (χ2n) is 7.63. The first-order valence-electron chi connectivity index (χ1n) is 10.2. The maximum Gasteiger partial charge on any atom is 0.274 e. The first-order chi connectivity index (χ1) is 16.2. The van der Waals surface area contributed by atoms with Gasteiger partial charge >= 0.3 is 0 Å². The predicted octanol–water partition coefficient (Wildman–Crippen LogP) is 3.24. The SMILES string of the molecule is Cc1cc(-c2nc(C(=O)NC(C)c3ccc(C#N)cn3)c(N)nc2-c2ccn(C)n2)cc(Cl)n1. The Morgan fingerprint density at radius 1 is 1.21 bits per heavy atom. The molecule has 1 atom stereocenters. The third kappa shape index (κ3) is 4.69. The Morgan fingerprint density at radius 2 is 2.00 bits per heavy atom. The molecule has 4 aromatic rings. The normalized spacial score (nSPS) is 11.6. The van der Waals surface area contributed by atoms with Gasteiger partial charge in [-0.15, -0.1) is 0 Å². The molecule has 0 aliphatic carbocycles. The maximum atomic E-state index is 13.1. The Hall–Kier alpha value is -4.36. The van der Waals surface area contributed by atoms with Gasteiger partial charge in [-0.25, -0.2) is 15.0 Å². The van der Waals surface area contributed by atoms with Crippen LogP contribution in [-0.4, -0.2) is 35.6 Å². The zero-order valence-corrected chi connectivity index (χ0v) is 19.4. The molecule has 3 N–H and O–H groups in total. The molecular formula is C23H20ClN9O. The van der Waals surface area contributed by atoms with Gasteiger partial charge in [-0.1, -0.05) is 11.6 Å². The van der Waals surface area contributed by atoms with Crippen LogP contribution in [0.25, 0.3) is 22.6 Å². The number of pyridine rings is 2. The van der Waals surface area contributed by atoms with Crippen LogP contribution in [0.3, 0.4) is 0 Å². The van der Waals surface area contributed by atoms with E-state index < -0.39 is 11.9 Å². The van der Waals surface area contributed by atoms with E-state index in [4.69, 9.17) is 22.6 Å². The molecule has 0 bridgehead atoms. The van der Waals surface area contributed by atoms with Gasteiger partial charge in [0.1, 0.15) is 22.6 Å². The number of carbonyl (C=O) groups is 1. The Labute approximate surface area is 200 Å². The van der Waals surface area contributed by atoms with Crippen molar-refractivity contribution in [2.75, 3.05) is 5.73 Å². The number of halogens is 1. The van der Waals surface area contributed by atoms with Crippen molar-refractivity contribution in [1.82, 2.24) is 35.0 Å². The fourth-order valence-electron chi connectivity index (χ4n) is 3.37. The van der Waals surface area contributed by atoms with Crippen LogP contribution in [-0.2, 0) is 7.05 Å². The number of nitrogen functional groups attached to an aromatic ring is 1. The van der Waals surface area contributed by atoms with Crippen LogP contribution in [0.5, 0.6) is 0 Å². The summed E-state index contributed by atoms with van der Waals surface area (Å²) in [4.78, 5) is 30.6. The molecule has 170 valence electrons. The Bertz CT molecular complexity index is 1400. The third-order valence-electron chi connectivity index (χ3n) is 5.00. The zero-order chi connectivity index (χ0) is 24.4. The summed E-state index contributed by atoms with van der Waals surface area (Å²) in [5.41, 5.74) is 9.80. The number of hydrogen-bond donors (Lipinski definition) is 2. The van der Waals surface area contributed by atoms with Crippen LogP contribution in [0.2, 0.25) is 5.15 Å². The van der Waals surface area contributed by atoms with Crippen LogP contribution in [0, 0.1) is 18.3 Å². The van der Waals surface area contributed by atoms with Gasteiger partial charge in [-0.05, 0) is 44.2 Å². The van der Waals surface area contributed by atoms with E-state index in [9.17, 15) is 4.79 Å². The number of amides is 1. The number of anilines is 1. The van der Waals surface area contributed by atoms with E-state index in [0.29, 0.717) is 39.6 Å². The molecule has 10 nitrogen and oxygen atoms in total. The third-order valence-corrected chi connectivity index (χ3v) is 5.19. The molecule has 0 saturated heterocycles. The predicted molar refractivity (Wildman–Crippen MR) is 126 cm³/mol. The fourth-order valence-corrected chi connectivity index (χ4v) is 3.62. The summed E-state index contributed by atoms with van der Waals surface area (Å²) in [6.07, 6.45) is 3.22. The van der Waals surface area contributed by atoms with E-state index in [1.807, 2.05) is 6.07 Å². The molecule has 34 heavy (non-hydrogen) atoms. The summed E-state index contributed by atoms with van der Waals surface area (Å²) in [6.45, 7) is 3.57. The summed E-state index contributed by atoms with van der Waals surface area (Å²) in [6, 6.07) is 10.1. The van der Waals surface area contributed by atoms with Crippen LogP contribution in [0.15, 0.2) is 42.7 Å². The number of nitriles is 1. The van der Waals surface area contributed by atoms with Gasteiger partial charge < -0.3 is 11.1 Å². The molecular weight excluding hydrogens is 454 g/mol. The molecule has 11 heteroatoms. The van der Waals surface area contributed by atoms with Crippen LogP contribution in [0.1, 0.15) is 40.4 Å². The molecule has 4 rings (SSSR count). The lowest BCUT2D eigenvalue weighted by Crippen LogP contribution is -2.29. The van der Waals surface area contributed by atoms with Crippen LogP contribution >= 0.6 is 11.6 Å². The van der Waals surface area contributed by atoms with E-state index in [1.165, 1.54) is 6.20 Å². The highest BCUT2D eigenvalue weighted by atomic mass is 35.5. The van der Waals surface area contributed by atoms with Gasteiger partial charge in [0.15, 0.2) is 11.5 Å². The molecule has 0 aliphatic heterocycles. The van der Waals surface area contributed by atoms with Crippen molar-refractivity contribution in [1.29, 1.82) is 5.26 Å². The lowest BCUT2D eigenvalue weighted by Gasteiger charge is -2.15. The molecule has 4 aromatic heterocycles. The number of nitrogens with two attached hydrogens (primary N) is 1. The highest BCUT2D eigenvalue weighted by molar-refractivity contribution is 6.29. The quantitative estimate of drug-likeness (QED) is 0.419. The summed E-state index contributed by atoms with van der Waals surface area (Å²) in [5, 5.41) is 16.5. The highest BCUT2D eigenvalue weighted by Crippen LogP contribution is 2.31. The minimum absolute atomic E-state index is 0.0410. The van der Waals surface area contributed by atoms with Crippen molar-refractivity contribution < 1.29 is 4.79 Å². The molecule has 0 saturated carbocycles. The van der Waals surface area contributed by atoms with Crippen LogP contribution in [0.4, 0.5) is 5.82 Å². The largest absolute Gasteiger partial charge is 0.382 e. The van der Waals surface area contributed by atoms with Crippen molar-refractivity contribution in [2.24, 2.45) is 7.05 Å². The van der Waals surface area contributed by atoms with Crippen molar-refractivity contribution >= 4 is 23.3 Å². The van der Waals surface area contributed by atoms with Crippen LogP contribution < -0.4 is 11.1 Å². The smallest absolute Gasteiger partial charge is 0.274 e. The second kappa shape index (κ2) is 9.25. The van der Waals surface area contributed by atoms with E-state index in [1.54, 1.807) is 62.1 Å². The lowest BCUT2D eigenvalue weighted by molar-refractivity contribution is 0.0935. The number of aromatic nitrogens is 6. The van der Waals surface area contributed by atoms with Gasteiger partial charge in [0.2, 0.25) is 0 Å². The van der Waals surface area contributed by atoms with Gasteiger partial charge in [0.05, 0.1) is 23.0 Å². The summed E-state index contributed by atoms with van der Waals surface area (Å²) < 4.78 is 1.63. The average Bonchev–Trinajstić information content (AvgIpc) is 3.24. The monoisotopic (exact) mass is 473 g/mol. The number of aryl methyl sites for hydroxylation is 2. The molecule has 4 heterocycles. The van der Waals surface area contributed by atoms with Gasteiger partial charge in [0.25, 0.3) is 5.91 Å². The van der Waals surface area contributed by atoms with Crippen molar-refractivity contribution in [3.05, 3.63) is 70.5 Å². The summed E-state index contributed by atoms with van der Waals surface area (Å²) in [5.74, 6) is -0.562. The number of rotatable bonds is 5. The zero-order valence-electron chi connectivity index (χ0n) is 18.6. The number of hydrogen-bond acceptors (Lipinski definition) is 8. The molecule has 1 unspecified atom stereocenters. The second-order valence-corrected chi connectivity index (χ2v) is 8.02. The van der Waals surface area contributed by atoms with Crippen molar-refractivity contribution in [3.8, 4) is 28.7 Å². The molecule has 0 radical (unpaired) electrons. The first-order valence-corrected chi connectivity index (χ1v) is 10.6. The fraction of sp³-hybridized carbons (Fsp3) is 0.174. The Balaban J connectivity index is 1.75. The molecule has 0 aliphatic rings.